The third kappa shape index (κ3) is 4.73. The summed E-state index contributed by atoms with van der Waals surface area (Å²) in [5, 5.41) is 4.87. The van der Waals surface area contributed by atoms with E-state index >= 15 is 0 Å². The summed E-state index contributed by atoms with van der Waals surface area (Å²) in [6, 6.07) is 4.09. The number of hydrogen-bond donors (Lipinski definition) is 1. The maximum Gasteiger partial charge on any atom is 0.143 e. The molecule has 0 atom stereocenters. The van der Waals surface area contributed by atoms with E-state index < -0.39 is 0 Å². The van der Waals surface area contributed by atoms with Gasteiger partial charge in [-0.1, -0.05) is 46.4 Å². The first-order chi connectivity index (χ1) is 9.10. The zero-order valence-corrected chi connectivity index (χ0v) is 13.1. The van der Waals surface area contributed by atoms with Gasteiger partial charge >= 0.3 is 0 Å². The van der Waals surface area contributed by atoms with Crippen molar-refractivity contribution in [1.82, 2.24) is 5.32 Å². The molecule has 0 bridgehead atoms. The Morgan fingerprint density at radius 2 is 2.11 bits per heavy atom. The number of hydrogen-bond acceptors (Lipinski definition) is 2. The number of halogens is 4. The van der Waals surface area contributed by atoms with Crippen LogP contribution in [-0.4, -0.2) is 12.6 Å². The van der Waals surface area contributed by atoms with Crippen molar-refractivity contribution in [3.63, 3.8) is 0 Å². The van der Waals surface area contributed by atoms with Gasteiger partial charge in [-0.2, -0.15) is 0 Å². The lowest BCUT2D eigenvalue weighted by Gasteiger charge is -2.14. The van der Waals surface area contributed by atoms with Crippen LogP contribution in [0.5, 0.6) is 5.75 Å². The molecule has 0 unspecified atom stereocenters. The summed E-state index contributed by atoms with van der Waals surface area (Å²) in [4.78, 5) is 0. The molecule has 1 aromatic rings. The van der Waals surface area contributed by atoms with E-state index in [1.165, 1.54) is 18.4 Å². The molecule has 0 radical (unpaired) electrons. The molecule has 1 aliphatic carbocycles. The van der Waals surface area contributed by atoms with Crippen LogP contribution in [-0.2, 0) is 6.54 Å². The van der Waals surface area contributed by atoms with Gasteiger partial charge in [-0.25, -0.2) is 0 Å². The van der Waals surface area contributed by atoms with Gasteiger partial charge in [0, 0.05) is 28.7 Å². The summed E-state index contributed by atoms with van der Waals surface area (Å²) in [5.41, 5.74) is 2.19. The molecule has 0 aromatic heterocycles. The van der Waals surface area contributed by atoms with E-state index in [2.05, 4.69) is 5.32 Å². The Hall–Kier alpha value is -0.120. The van der Waals surface area contributed by atoms with Crippen molar-refractivity contribution in [3.8, 4) is 5.75 Å². The Balaban J connectivity index is 2.12. The predicted octanol–water partition coefficient (Wildman–Crippen LogP) is 4.94. The molecule has 19 heavy (non-hydrogen) atoms. The lowest BCUT2D eigenvalue weighted by atomic mass is 10.2. The average Bonchev–Trinajstić information content (AvgIpc) is 3.18. The van der Waals surface area contributed by atoms with Gasteiger partial charge in [0.1, 0.15) is 12.4 Å². The first-order valence-electron chi connectivity index (χ1n) is 5.89. The molecule has 0 saturated heterocycles. The number of nitrogens with one attached hydrogen (secondary N) is 1. The van der Waals surface area contributed by atoms with E-state index in [9.17, 15) is 0 Å². The topological polar surface area (TPSA) is 21.3 Å². The minimum absolute atomic E-state index is 0.183. The predicted molar refractivity (Wildman–Crippen MR) is 81.6 cm³/mol. The zero-order chi connectivity index (χ0) is 13.8. The van der Waals surface area contributed by atoms with Crippen LogP contribution in [0.4, 0.5) is 0 Å². The molecular weight excluding hydrogens is 328 g/mol. The highest BCUT2D eigenvalue weighted by Gasteiger charge is 2.21. The molecule has 0 heterocycles. The van der Waals surface area contributed by atoms with Crippen LogP contribution in [0.15, 0.2) is 22.7 Å². The second-order valence-corrected chi connectivity index (χ2v) is 5.92. The van der Waals surface area contributed by atoms with E-state index in [0.29, 0.717) is 33.4 Å². The zero-order valence-electron chi connectivity index (χ0n) is 10.1. The SMILES string of the molecule is ClC=C(Cl)COc1c(Cl)cc(Cl)cc1CNC1CC1. The first kappa shape index (κ1) is 15.3. The average molecular weight is 341 g/mol. The highest BCUT2D eigenvalue weighted by Crippen LogP contribution is 2.33. The fourth-order valence-corrected chi connectivity index (χ4v) is 2.33. The van der Waals surface area contributed by atoms with Gasteiger partial charge in [-0.15, -0.1) is 0 Å². The molecule has 1 aromatic carbocycles. The van der Waals surface area contributed by atoms with Crippen LogP contribution in [0.2, 0.25) is 10.0 Å². The smallest absolute Gasteiger partial charge is 0.143 e. The lowest BCUT2D eigenvalue weighted by Crippen LogP contribution is -2.16. The Labute approximate surface area is 132 Å². The summed E-state index contributed by atoms with van der Waals surface area (Å²) < 4.78 is 5.61. The van der Waals surface area contributed by atoms with Crippen molar-refractivity contribution >= 4 is 46.4 Å². The van der Waals surface area contributed by atoms with Gasteiger partial charge in [-0.05, 0) is 25.0 Å². The monoisotopic (exact) mass is 339 g/mol. The van der Waals surface area contributed by atoms with Crippen molar-refractivity contribution in [2.24, 2.45) is 0 Å². The molecule has 2 nitrogen and oxygen atoms in total. The number of ether oxygens (including phenoxy) is 1. The minimum atomic E-state index is 0.183. The van der Waals surface area contributed by atoms with Crippen molar-refractivity contribution in [1.29, 1.82) is 0 Å². The summed E-state index contributed by atoms with van der Waals surface area (Å²) in [6.07, 6.45) is 2.43. The Morgan fingerprint density at radius 1 is 1.37 bits per heavy atom. The highest BCUT2D eigenvalue weighted by atomic mass is 35.5. The Bertz CT molecular complexity index is 486. The minimum Gasteiger partial charge on any atom is -0.486 e. The van der Waals surface area contributed by atoms with Gasteiger partial charge in [0.2, 0.25) is 0 Å². The van der Waals surface area contributed by atoms with Crippen LogP contribution in [0.3, 0.4) is 0 Å². The molecule has 1 aliphatic rings. The third-order valence-corrected chi connectivity index (χ3v) is 3.81. The Morgan fingerprint density at radius 3 is 2.74 bits per heavy atom. The summed E-state index contributed by atoms with van der Waals surface area (Å²) in [5.74, 6) is 0.593. The maximum atomic E-state index is 6.16. The van der Waals surface area contributed by atoms with Gasteiger partial charge in [0.05, 0.1) is 10.1 Å². The van der Waals surface area contributed by atoms with Crippen LogP contribution in [0.1, 0.15) is 18.4 Å². The summed E-state index contributed by atoms with van der Waals surface area (Å²) >= 11 is 23.5. The fraction of sp³-hybridized carbons (Fsp3) is 0.385. The molecule has 6 heteroatoms. The molecule has 104 valence electrons. The summed E-state index contributed by atoms with van der Waals surface area (Å²) in [6.45, 7) is 0.853. The molecule has 1 saturated carbocycles. The second-order valence-electron chi connectivity index (χ2n) is 4.38. The van der Waals surface area contributed by atoms with Gasteiger partial charge in [0.15, 0.2) is 0 Å². The van der Waals surface area contributed by atoms with Crippen LogP contribution >= 0.6 is 46.4 Å². The van der Waals surface area contributed by atoms with Gasteiger partial charge in [0.25, 0.3) is 0 Å². The van der Waals surface area contributed by atoms with E-state index in [-0.39, 0.29) is 6.61 Å². The number of benzene rings is 1. The van der Waals surface area contributed by atoms with Crippen LogP contribution in [0, 0.1) is 0 Å². The molecule has 0 amide bonds. The maximum absolute atomic E-state index is 6.16. The molecular formula is C13H13Cl4NO. The molecule has 0 aliphatic heterocycles. The lowest BCUT2D eigenvalue weighted by molar-refractivity contribution is 0.354. The van der Waals surface area contributed by atoms with Crippen molar-refractivity contribution in [2.45, 2.75) is 25.4 Å². The quantitative estimate of drug-likeness (QED) is 0.791. The summed E-state index contributed by atoms with van der Waals surface area (Å²) in [7, 11) is 0. The second kappa shape index (κ2) is 7.05. The van der Waals surface area contributed by atoms with Crippen molar-refractivity contribution in [2.75, 3.05) is 6.61 Å². The van der Waals surface area contributed by atoms with Gasteiger partial charge < -0.3 is 10.1 Å². The molecule has 1 N–H and O–H groups in total. The van der Waals surface area contributed by atoms with Crippen molar-refractivity contribution in [3.05, 3.63) is 38.3 Å². The molecule has 1 fully saturated rings. The molecule has 2 rings (SSSR count). The largest absolute Gasteiger partial charge is 0.486 e. The highest BCUT2D eigenvalue weighted by molar-refractivity contribution is 6.37. The van der Waals surface area contributed by atoms with E-state index in [4.69, 9.17) is 51.1 Å². The van der Waals surface area contributed by atoms with E-state index in [1.807, 2.05) is 6.07 Å². The van der Waals surface area contributed by atoms with Gasteiger partial charge in [-0.3, -0.25) is 0 Å². The Kier molecular flexibility index (Phi) is 5.67. The number of rotatable bonds is 6. The van der Waals surface area contributed by atoms with Crippen LogP contribution in [0.25, 0.3) is 0 Å². The normalized spacial score (nSPS) is 15.7. The standard InChI is InChI=1S/C13H13Cl4NO/c14-5-10(16)7-19-13-8(6-18-11-1-2-11)3-9(15)4-12(13)17/h3-5,11,18H,1-2,6-7H2. The van der Waals surface area contributed by atoms with E-state index in [0.717, 1.165) is 5.56 Å². The van der Waals surface area contributed by atoms with Crippen molar-refractivity contribution < 1.29 is 4.74 Å². The van der Waals surface area contributed by atoms with E-state index in [1.54, 1.807) is 6.07 Å². The fourth-order valence-electron chi connectivity index (χ4n) is 1.62. The first-order valence-corrected chi connectivity index (χ1v) is 7.46. The molecule has 0 spiro atoms. The van der Waals surface area contributed by atoms with Crippen LogP contribution < -0.4 is 10.1 Å². The third-order valence-electron chi connectivity index (χ3n) is 2.72.